The zero-order valence-electron chi connectivity index (χ0n) is 5.82. The Kier molecular flexibility index (Phi) is 1.96. The Bertz CT molecular complexity index is 123. The summed E-state index contributed by atoms with van der Waals surface area (Å²) in [7, 11) is 0. The first-order chi connectivity index (χ1) is 4.58. The molecular weight excluding hydrogens is 136 g/mol. The van der Waals surface area contributed by atoms with Crippen molar-refractivity contribution in [2.75, 3.05) is 13.2 Å². The van der Waals surface area contributed by atoms with Crippen molar-refractivity contribution in [1.29, 1.82) is 0 Å². The number of ether oxygens (including phenoxy) is 1. The van der Waals surface area contributed by atoms with Crippen molar-refractivity contribution in [2.24, 2.45) is 0 Å². The molecule has 3 atom stereocenters. The van der Waals surface area contributed by atoms with Crippen LogP contribution in [0.1, 0.15) is 6.92 Å². The van der Waals surface area contributed by atoms with Crippen molar-refractivity contribution in [3.8, 4) is 0 Å². The molecule has 0 aromatic heterocycles. The van der Waals surface area contributed by atoms with E-state index in [1.165, 1.54) is 6.92 Å². The van der Waals surface area contributed by atoms with Gasteiger partial charge in [-0.3, -0.25) is 0 Å². The fourth-order valence-corrected chi connectivity index (χ4v) is 1.01. The molecule has 0 bridgehead atoms. The Balaban J connectivity index is 2.58. The highest BCUT2D eigenvalue weighted by molar-refractivity contribution is 4.92. The summed E-state index contributed by atoms with van der Waals surface area (Å²) < 4.78 is 4.88. The molecule has 1 fully saturated rings. The Morgan fingerprint density at radius 2 is 2.30 bits per heavy atom. The van der Waals surface area contributed by atoms with Gasteiger partial charge < -0.3 is 20.1 Å². The molecule has 0 aliphatic carbocycles. The monoisotopic (exact) mass is 148 g/mol. The van der Waals surface area contributed by atoms with Gasteiger partial charge in [0, 0.05) is 0 Å². The van der Waals surface area contributed by atoms with E-state index in [9.17, 15) is 10.2 Å². The van der Waals surface area contributed by atoms with E-state index in [2.05, 4.69) is 0 Å². The summed E-state index contributed by atoms with van der Waals surface area (Å²) >= 11 is 0. The molecule has 0 spiro atoms. The van der Waals surface area contributed by atoms with Crippen LogP contribution in [0.5, 0.6) is 0 Å². The van der Waals surface area contributed by atoms with Gasteiger partial charge in [-0.25, -0.2) is 0 Å². The molecule has 0 saturated carbocycles. The smallest absolute Gasteiger partial charge is 0.114 e. The fraction of sp³-hybridized carbons (Fsp3) is 1.00. The van der Waals surface area contributed by atoms with Gasteiger partial charge in [-0.05, 0) is 6.92 Å². The molecule has 0 amide bonds. The molecule has 0 aromatic rings. The zero-order valence-corrected chi connectivity index (χ0v) is 5.82. The molecule has 1 heterocycles. The molecule has 1 aliphatic heterocycles. The standard InChI is InChI=1S/C6H12O4/c1-6(9)3-10-4(2-7)5(6)8/h4-5,7-9H,2-3H2,1H3/t4-,5?,6-/m1/s1. The van der Waals surface area contributed by atoms with E-state index in [1.54, 1.807) is 0 Å². The van der Waals surface area contributed by atoms with E-state index >= 15 is 0 Å². The van der Waals surface area contributed by atoms with Crippen LogP contribution in [-0.4, -0.2) is 46.3 Å². The van der Waals surface area contributed by atoms with Gasteiger partial charge >= 0.3 is 0 Å². The molecule has 1 rings (SSSR count). The molecule has 4 nitrogen and oxygen atoms in total. The van der Waals surface area contributed by atoms with Crippen molar-refractivity contribution in [3.63, 3.8) is 0 Å². The topological polar surface area (TPSA) is 69.9 Å². The third-order valence-corrected chi connectivity index (χ3v) is 1.76. The summed E-state index contributed by atoms with van der Waals surface area (Å²) in [5.74, 6) is 0. The predicted molar refractivity (Wildman–Crippen MR) is 33.5 cm³/mol. The molecule has 0 radical (unpaired) electrons. The van der Waals surface area contributed by atoms with Gasteiger partial charge in [-0.1, -0.05) is 0 Å². The van der Waals surface area contributed by atoms with Crippen LogP contribution in [0.15, 0.2) is 0 Å². The summed E-state index contributed by atoms with van der Waals surface area (Å²) in [6, 6.07) is 0. The Morgan fingerprint density at radius 1 is 1.70 bits per heavy atom. The largest absolute Gasteiger partial charge is 0.394 e. The van der Waals surface area contributed by atoms with Crippen molar-refractivity contribution < 1.29 is 20.1 Å². The lowest BCUT2D eigenvalue weighted by Crippen LogP contribution is -2.41. The summed E-state index contributed by atoms with van der Waals surface area (Å²) in [6.07, 6.45) is -1.60. The number of rotatable bonds is 1. The number of aliphatic hydroxyl groups is 3. The summed E-state index contributed by atoms with van der Waals surface area (Å²) in [6.45, 7) is 1.31. The molecule has 1 unspecified atom stereocenters. The van der Waals surface area contributed by atoms with Gasteiger partial charge in [0.05, 0.1) is 13.2 Å². The molecule has 0 aromatic carbocycles. The highest BCUT2D eigenvalue weighted by atomic mass is 16.5. The SMILES string of the molecule is C[C@@]1(O)CO[C@H](CO)C1O. The lowest BCUT2D eigenvalue weighted by molar-refractivity contribution is -0.0434. The lowest BCUT2D eigenvalue weighted by atomic mass is 10.00. The molecule has 1 aliphatic rings. The number of hydrogen-bond donors (Lipinski definition) is 3. The van der Waals surface area contributed by atoms with Crippen LogP contribution in [0.2, 0.25) is 0 Å². The Hall–Kier alpha value is -0.160. The van der Waals surface area contributed by atoms with E-state index in [4.69, 9.17) is 9.84 Å². The van der Waals surface area contributed by atoms with Crippen LogP contribution in [-0.2, 0) is 4.74 Å². The van der Waals surface area contributed by atoms with E-state index in [1.807, 2.05) is 0 Å². The second-order valence-electron chi connectivity index (χ2n) is 2.83. The maximum Gasteiger partial charge on any atom is 0.114 e. The summed E-state index contributed by atoms with van der Waals surface area (Å²) in [5, 5.41) is 27.0. The fourth-order valence-electron chi connectivity index (χ4n) is 1.01. The van der Waals surface area contributed by atoms with E-state index < -0.39 is 17.8 Å². The second-order valence-corrected chi connectivity index (χ2v) is 2.83. The summed E-state index contributed by atoms with van der Waals surface area (Å²) in [5.41, 5.74) is -1.20. The average molecular weight is 148 g/mol. The molecular formula is C6H12O4. The highest BCUT2D eigenvalue weighted by Gasteiger charge is 2.43. The van der Waals surface area contributed by atoms with Gasteiger partial charge in [-0.15, -0.1) is 0 Å². The van der Waals surface area contributed by atoms with Crippen molar-refractivity contribution in [3.05, 3.63) is 0 Å². The van der Waals surface area contributed by atoms with Crippen molar-refractivity contribution in [2.45, 2.75) is 24.7 Å². The maximum absolute atomic E-state index is 9.28. The minimum Gasteiger partial charge on any atom is -0.394 e. The average Bonchev–Trinajstić information content (AvgIpc) is 2.10. The van der Waals surface area contributed by atoms with Gasteiger partial charge in [0.1, 0.15) is 17.8 Å². The minimum atomic E-state index is -1.20. The molecule has 3 N–H and O–H groups in total. The Morgan fingerprint density at radius 3 is 2.50 bits per heavy atom. The van der Waals surface area contributed by atoms with Crippen LogP contribution < -0.4 is 0 Å². The lowest BCUT2D eigenvalue weighted by Gasteiger charge is -2.19. The first-order valence-electron chi connectivity index (χ1n) is 3.21. The number of hydrogen-bond acceptors (Lipinski definition) is 4. The quantitative estimate of drug-likeness (QED) is 0.423. The van der Waals surface area contributed by atoms with Crippen LogP contribution in [0.25, 0.3) is 0 Å². The van der Waals surface area contributed by atoms with Gasteiger partial charge in [0.15, 0.2) is 0 Å². The van der Waals surface area contributed by atoms with Crippen LogP contribution in [0, 0.1) is 0 Å². The van der Waals surface area contributed by atoms with Crippen LogP contribution >= 0.6 is 0 Å². The molecule has 10 heavy (non-hydrogen) atoms. The highest BCUT2D eigenvalue weighted by Crippen LogP contribution is 2.23. The maximum atomic E-state index is 9.28. The zero-order chi connectivity index (χ0) is 7.78. The van der Waals surface area contributed by atoms with Crippen LogP contribution in [0.4, 0.5) is 0 Å². The summed E-state index contributed by atoms with van der Waals surface area (Å²) in [4.78, 5) is 0. The van der Waals surface area contributed by atoms with E-state index in [0.717, 1.165) is 0 Å². The number of aliphatic hydroxyl groups excluding tert-OH is 2. The van der Waals surface area contributed by atoms with Gasteiger partial charge in [0.2, 0.25) is 0 Å². The van der Waals surface area contributed by atoms with E-state index in [0.29, 0.717) is 0 Å². The predicted octanol–water partition coefficient (Wildman–Crippen LogP) is -1.51. The van der Waals surface area contributed by atoms with E-state index in [-0.39, 0.29) is 13.2 Å². The molecule has 60 valence electrons. The normalized spacial score (nSPS) is 48.0. The van der Waals surface area contributed by atoms with Crippen molar-refractivity contribution in [1.82, 2.24) is 0 Å². The molecule has 1 saturated heterocycles. The van der Waals surface area contributed by atoms with Crippen LogP contribution in [0.3, 0.4) is 0 Å². The third-order valence-electron chi connectivity index (χ3n) is 1.76. The van der Waals surface area contributed by atoms with Gasteiger partial charge in [0.25, 0.3) is 0 Å². The third kappa shape index (κ3) is 1.15. The van der Waals surface area contributed by atoms with Gasteiger partial charge in [-0.2, -0.15) is 0 Å². The minimum absolute atomic E-state index is 0.0827. The second kappa shape index (κ2) is 2.47. The first-order valence-corrected chi connectivity index (χ1v) is 3.21. The first kappa shape index (κ1) is 7.94. The Labute approximate surface area is 59.1 Å². The van der Waals surface area contributed by atoms with Crippen molar-refractivity contribution >= 4 is 0 Å². The molecule has 4 heteroatoms.